The summed E-state index contributed by atoms with van der Waals surface area (Å²) in [6, 6.07) is 5.60. The third-order valence-electron chi connectivity index (χ3n) is 3.85. The molecule has 1 atom stereocenters. The lowest BCUT2D eigenvalue weighted by Gasteiger charge is -2.11. The summed E-state index contributed by atoms with van der Waals surface area (Å²) in [6.07, 6.45) is 5.68. The monoisotopic (exact) mass is 271 g/mol. The Labute approximate surface area is 116 Å². The van der Waals surface area contributed by atoms with Crippen LogP contribution in [0.25, 0.3) is 10.9 Å². The molecule has 1 aromatic carbocycles. The molecule has 1 saturated carbocycles. The van der Waals surface area contributed by atoms with E-state index in [-0.39, 0.29) is 0 Å². The van der Waals surface area contributed by atoms with E-state index in [0.29, 0.717) is 12.3 Å². The predicted molar refractivity (Wildman–Crippen MR) is 77.3 cm³/mol. The summed E-state index contributed by atoms with van der Waals surface area (Å²) in [6.45, 7) is 0. The van der Waals surface area contributed by atoms with Crippen molar-refractivity contribution < 1.29 is 9.90 Å². The molecule has 2 aromatic rings. The number of aliphatic carboxylic acids is 1. The van der Waals surface area contributed by atoms with Crippen molar-refractivity contribution in [3.05, 3.63) is 35.5 Å². The van der Waals surface area contributed by atoms with Crippen LogP contribution >= 0.6 is 0 Å². The number of carbonyl (C=O) groups is 1. The second-order valence-electron chi connectivity index (χ2n) is 5.30. The summed E-state index contributed by atoms with van der Waals surface area (Å²) >= 11 is 0. The maximum atomic E-state index is 11.1. The molecule has 0 radical (unpaired) electrons. The van der Waals surface area contributed by atoms with Gasteiger partial charge < -0.3 is 15.4 Å². The molecule has 20 heavy (non-hydrogen) atoms. The summed E-state index contributed by atoms with van der Waals surface area (Å²) in [4.78, 5) is 14.3. The highest BCUT2D eigenvalue weighted by Crippen LogP contribution is 2.41. The molecule has 1 fully saturated rings. The molecule has 104 valence electrons. The van der Waals surface area contributed by atoms with Gasteiger partial charge in [-0.2, -0.15) is 0 Å². The van der Waals surface area contributed by atoms with Gasteiger partial charge in [0.05, 0.1) is 6.34 Å². The second kappa shape index (κ2) is 5.00. The minimum absolute atomic E-state index is 0.355. The van der Waals surface area contributed by atoms with Crippen LogP contribution in [0.1, 0.15) is 29.9 Å². The zero-order chi connectivity index (χ0) is 14.1. The Bertz CT molecular complexity index is 658. The van der Waals surface area contributed by atoms with Gasteiger partial charge in [0.15, 0.2) is 0 Å². The van der Waals surface area contributed by atoms with Gasteiger partial charge in [-0.25, -0.2) is 4.79 Å². The van der Waals surface area contributed by atoms with E-state index in [4.69, 9.17) is 10.5 Å². The van der Waals surface area contributed by atoms with E-state index in [0.717, 1.165) is 22.8 Å². The van der Waals surface area contributed by atoms with Crippen molar-refractivity contribution in [3.63, 3.8) is 0 Å². The number of benzene rings is 1. The topological polar surface area (TPSA) is 89.0 Å². The van der Waals surface area contributed by atoms with Crippen LogP contribution in [0.4, 0.5) is 0 Å². The maximum absolute atomic E-state index is 11.1. The first-order valence-electron chi connectivity index (χ1n) is 6.76. The Kier molecular flexibility index (Phi) is 3.18. The molecule has 0 bridgehead atoms. The lowest BCUT2D eigenvalue weighted by Crippen LogP contribution is -2.37. The van der Waals surface area contributed by atoms with Gasteiger partial charge in [-0.1, -0.05) is 12.1 Å². The molecule has 0 spiro atoms. The fourth-order valence-electron chi connectivity index (χ4n) is 2.58. The predicted octanol–water partition coefficient (Wildman–Crippen LogP) is 2.24. The Morgan fingerprint density at radius 1 is 1.55 bits per heavy atom. The fraction of sp³-hybridized carbons (Fsp3) is 0.333. The van der Waals surface area contributed by atoms with Gasteiger partial charge >= 0.3 is 5.97 Å². The van der Waals surface area contributed by atoms with Gasteiger partial charge in [0.1, 0.15) is 6.04 Å². The van der Waals surface area contributed by atoms with Crippen LogP contribution in [0.2, 0.25) is 0 Å². The zero-order valence-corrected chi connectivity index (χ0v) is 11.0. The zero-order valence-electron chi connectivity index (χ0n) is 11.0. The van der Waals surface area contributed by atoms with Crippen LogP contribution in [0.3, 0.4) is 0 Å². The molecule has 5 heteroatoms. The van der Waals surface area contributed by atoms with E-state index >= 15 is 0 Å². The van der Waals surface area contributed by atoms with Crippen molar-refractivity contribution in [1.82, 2.24) is 10.3 Å². The summed E-state index contributed by atoms with van der Waals surface area (Å²) in [5.41, 5.74) is 3.38. The quantitative estimate of drug-likeness (QED) is 0.480. The Hall–Kier alpha value is -2.30. The largest absolute Gasteiger partial charge is 0.480 e. The summed E-state index contributed by atoms with van der Waals surface area (Å²) in [5.74, 6) is -0.241. The molecule has 1 aromatic heterocycles. The van der Waals surface area contributed by atoms with Crippen molar-refractivity contribution in [2.45, 2.75) is 31.2 Å². The third kappa shape index (κ3) is 2.39. The number of H-pyrrole nitrogens is 1. The summed E-state index contributed by atoms with van der Waals surface area (Å²) < 4.78 is 0. The van der Waals surface area contributed by atoms with Crippen LogP contribution in [-0.4, -0.2) is 28.4 Å². The SMILES string of the molecule is N=CNC(Cc1c[nH]c2cc(C3CC3)ccc12)C(=O)O. The van der Waals surface area contributed by atoms with Crippen molar-refractivity contribution in [2.75, 3.05) is 0 Å². The average molecular weight is 271 g/mol. The number of nitrogens with one attached hydrogen (secondary N) is 3. The minimum atomic E-state index is -0.947. The Morgan fingerprint density at radius 2 is 2.35 bits per heavy atom. The van der Waals surface area contributed by atoms with Crippen molar-refractivity contribution in [2.24, 2.45) is 0 Å². The number of rotatable bonds is 6. The maximum Gasteiger partial charge on any atom is 0.326 e. The molecule has 0 amide bonds. The fourth-order valence-corrected chi connectivity index (χ4v) is 2.58. The number of carboxylic acids is 1. The van der Waals surface area contributed by atoms with Gasteiger partial charge in [-0.15, -0.1) is 0 Å². The van der Waals surface area contributed by atoms with Crippen molar-refractivity contribution >= 4 is 23.2 Å². The van der Waals surface area contributed by atoms with E-state index in [1.807, 2.05) is 6.20 Å². The Balaban J connectivity index is 1.87. The van der Waals surface area contributed by atoms with E-state index in [2.05, 4.69) is 28.5 Å². The summed E-state index contributed by atoms with van der Waals surface area (Å²) in [7, 11) is 0. The van der Waals surface area contributed by atoms with E-state index < -0.39 is 12.0 Å². The van der Waals surface area contributed by atoms with Crippen molar-refractivity contribution in [1.29, 1.82) is 5.41 Å². The second-order valence-corrected chi connectivity index (χ2v) is 5.30. The lowest BCUT2D eigenvalue weighted by molar-refractivity contribution is -0.138. The molecule has 1 heterocycles. The van der Waals surface area contributed by atoms with E-state index in [9.17, 15) is 4.79 Å². The molecule has 1 aliphatic carbocycles. The molecule has 0 saturated heterocycles. The highest BCUT2D eigenvalue weighted by molar-refractivity contribution is 5.85. The molecule has 3 rings (SSSR count). The van der Waals surface area contributed by atoms with Gasteiger partial charge in [0.2, 0.25) is 0 Å². The number of hydrogen-bond donors (Lipinski definition) is 4. The van der Waals surface area contributed by atoms with Crippen LogP contribution in [0, 0.1) is 5.41 Å². The normalized spacial score (nSPS) is 16.0. The number of aromatic amines is 1. The van der Waals surface area contributed by atoms with Crippen LogP contribution in [-0.2, 0) is 11.2 Å². The van der Waals surface area contributed by atoms with Crippen LogP contribution in [0.5, 0.6) is 0 Å². The standard InChI is InChI=1S/C15H17N3O2/c16-8-18-14(15(19)20)6-11-7-17-13-5-10(9-1-2-9)3-4-12(11)13/h3-5,7-9,14,17H,1-2,6H2,(H2,16,18)(H,19,20). The molecular formula is C15H17N3O2. The molecule has 1 aliphatic rings. The van der Waals surface area contributed by atoms with Crippen LogP contribution in [0.15, 0.2) is 24.4 Å². The van der Waals surface area contributed by atoms with E-state index in [1.54, 1.807) is 0 Å². The smallest absolute Gasteiger partial charge is 0.326 e. The summed E-state index contributed by atoms with van der Waals surface area (Å²) in [5, 5.41) is 19.7. The first-order valence-corrected chi connectivity index (χ1v) is 6.76. The van der Waals surface area contributed by atoms with Crippen molar-refractivity contribution in [3.8, 4) is 0 Å². The van der Waals surface area contributed by atoms with E-state index in [1.165, 1.54) is 18.4 Å². The van der Waals surface area contributed by atoms with Gasteiger partial charge in [0.25, 0.3) is 0 Å². The van der Waals surface area contributed by atoms with Gasteiger partial charge in [-0.3, -0.25) is 5.41 Å². The first kappa shape index (κ1) is 12.7. The van der Waals surface area contributed by atoms with Crippen LogP contribution < -0.4 is 5.32 Å². The molecule has 0 aliphatic heterocycles. The lowest BCUT2D eigenvalue weighted by atomic mass is 10.0. The minimum Gasteiger partial charge on any atom is -0.480 e. The molecular weight excluding hydrogens is 254 g/mol. The molecule has 4 N–H and O–H groups in total. The van der Waals surface area contributed by atoms with Gasteiger partial charge in [-0.05, 0) is 36.0 Å². The Morgan fingerprint density at radius 3 is 3.00 bits per heavy atom. The number of fused-ring (bicyclic) bond motifs is 1. The highest BCUT2D eigenvalue weighted by Gasteiger charge is 2.24. The number of carboxylic acid groups (broad SMARTS) is 1. The molecule has 5 nitrogen and oxygen atoms in total. The van der Waals surface area contributed by atoms with Gasteiger partial charge in [0, 0.05) is 23.5 Å². The average Bonchev–Trinajstić information content (AvgIpc) is 3.21. The molecule has 1 unspecified atom stereocenters. The number of aromatic nitrogens is 1. The third-order valence-corrected chi connectivity index (χ3v) is 3.85. The first-order chi connectivity index (χ1) is 9.69. The number of hydrogen-bond acceptors (Lipinski definition) is 2. The highest BCUT2D eigenvalue weighted by atomic mass is 16.4.